The van der Waals surface area contributed by atoms with Crippen LogP contribution in [0.2, 0.25) is 0 Å². The lowest BCUT2D eigenvalue weighted by atomic mass is 10.1. The number of hydrogen-bond acceptors (Lipinski definition) is 5. The van der Waals surface area contributed by atoms with Crippen molar-refractivity contribution in [2.24, 2.45) is 0 Å². The highest BCUT2D eigenvalue weighted by atomic mass is 32.2. The van der Waals surface area contributed by atoms with E-state index < -0.39 is 0 Å². The molecule has 1 saturated carbocycles. The molecule has 0 aliphatic heterocycles. The van der Waals surface area contributed by atoms with Gasteiger partial charge in [0.1, 0.15) is 0 Å². The average Bonchev–Trinajstić information content (AvgIpc) is 3.22. The number of aryl methyl sites for hydroxylation is 1. The first kappa shape index (κ1) is 18.3. The lowest BCUT2D eigenvalue weighted by molar-refractivity contribution is -0.115. The van der Waals surface area contributed by atoms with Gasteiger partial charge < -0.3 is 4.57 Å². The fraction of sp³-hybridized carbons (Fsp3) is 0.350. The number of thioether (sulfide) groups is 1. The van der Waals surface area contributed by atoms with Gasteiger partial charge >= 0.3 is 0 Å². The van der Waals surface area contributed by atoms with E-state index in [-0.39, 0.29) is 5.91 Å². The van der Waals surface area contributed by atoms with E-state index in [1.165, 1.54) is 24.2 Å². The van der Waals surface area contributed by atoms with E-state index in [0.717, 1.165) is 39.4 Å². The van der Waals surface area contributed by atoms with Crippen LogP contribution in [0.4, 0.5) is 10.8 Å². The highest BCUT2D eigenvalue weighted by molar-refractivity contribution is 7.98. The van der Waals surface area contributed by atoms with E-state index in [0.29, 0.717) is 6.04 Å². The number of carbonyl (C=O) groups excluding carboxylic acids is 1. The summed E-state index contributed by atoms with van der Waals surface area (Å²) in [5.41, 5.74) is 3.04. The third kappa shape index (κ3) is 3.94. The minimum Gasteiger partial charge on any atom is -0.323 e. The smallest absolute Gasteiger partial charge is 0.230 e. The molecule has 1 aliphatic carbocycles. The summed E-state index contributed by atoms with van der Waals surface area (Å²) in [6, 6.07) is 8.65. The Morgan fingerprint density at radius 1 is 1.37 bits per heavy atom. The van der Waals surface area contributed by atoms with E-state index in [9.17, 15) is 4.79 Å². The molecule has 0 atom stereocenters. The summed E-state index contributed by atoms with van der Waals surface area (Å²) in [5.74, 6) is 0.732. The quantitative estimate of drug-likeness (QED) is 0.512. The first-order valence-electron chi connectivity index (χ1n) is 9.16. The molecule has 27 heavy (non-hydrogen) atoms. The number of anilines is 2. The molecule has 1 amide bonds. The van der Waals surface area contributed by atoms with Crippen molar-refractivity contribution in [3.63, 3.8) is 0 Å². The van der Waals surface area contributed by atoms with Gasteiger partial charge in [-0.1, -0.05) is 36.9 Å². The molecule has 0 unspecified atom stereocenters. The summed E-state index contributed by atoms with van der Waals surface area (Å²) in [6.07, 6.45) is 7.29. The Labute approximate surface area is 167 Å². The second kappa shape index (κ2) is 7.86. The number of amides is 1. The van der Waals surface area contributed by atoms with E-state index in [1.54, 1.807) is 23.6 Å². The molecule has 0 spiro atoms. The highest BCUT2D eigenvalue weighted by Gasteiger charge is 2.26. The number of benzene rings is 1. The van der Waals surface area contributed by atoms with Crippen molar-refractivity contribution in [1.29, 1.82) is 0 Å². The van der Waals surface area contributed by atoms with Gasteiger partial charge in [0.05, 0.1) is 11.4 Å². The molecule has 5 nitrogen and oxygen atoms in total. The molecule has 0 saturated heterocycles. The topological polar surface area (TPSA) is 51.0 Å². The van der Waals surface area contributed by atoms with E-state index in [4.69, 9.17) is 4.98 Å². The van der Waals surface area contributed by atoms with Crippen LogP contribution in [0.3, 0.4) is 0 Å². The molecule has 1 aliphatic rings. The third-order valence-electron chi connectivity index (χ3n) is 4.58. The minimum absolute atomic E-state index is 0.0197. The molecule has 0 radical (unpaired) electrons. The van der Waals surface area contributed by atoms with Crippen LogP contribution >= 0.6 is 23.1 Å². The van der Waals surface area contributed by atoms with Gasteiger partial charge in [-0.15, -0.1) is 11.3 Å². The number of hydrogen-bond donors (Lipinski definition) is 0. The van der Waals surface area contributed by atoms with Gasteiger partial charge in [-0.25, -0.2) is 9.97 Å². The van der Waals surface area contributed by atoms with Gasteiger partial charge in [-0.05, 0) is 30.9 Å². The minimum atomic E-state index is -0.0197. The van der Waals surface area contributed by atoms with Crippen LogP contribution in [0.5, 0.6) is 0 Å². The first-order chi connectivity index (χ1) is 13.2. The predicted octanol–water partition coefficient (Wildman–Crippen LogP) is 5.21. The summed E-state index contributed by atoms with van der Waals surface area (Å²) in [7, 11) is 0. The van der Waals surface area contributed by atoms with Crippen molar-refractivity contribution in [3.8, 4) is 0 Å². The molecule has 140 valence electrons. The van der Waals surface area contributed by atoms with Crippen LogP contribution in [-0.4, -0.2) is 20.4 Å². The predicted molar refractivity (Wildman–Crippen MR) is 111 cm³/mol. The van der Waals surface area contributed by atoms with Crippen LogP contribution in [0.1, 0.15) is 44.0 Å². The summed E-state index contributed by atoms with van der Waals surface area (Å²) >= 11 is 3.22. The zero-order chi connectivity index (χ0) is 18.8. The lowest BCUT2D eigenvalue weighted by Crippen LogP contribution is -2.23. The zero-order valence-electron chi connectivity index (χ0n) is 15.5. The fourth-order valence-electron chi connectivity index (χ4n) is 3.08. The van der Waals surface area contributed by atoms with Crippen LogP contribution in [-0.2, 0) is 17.0 Å². The number of nitrogens with zero attached hydrogens (tertiary/aromatic N) is 4. The molecule has 3 aromatic rings. The van der Waals surface area contributed by atoms with E-state index in [1.807, 2.05) is 29.8 Å². The van der Waals surface area contributed by atoms with Crippen molar-refractivity contribution in [1.82, 2.24) is 14.5 Å². The summed E-state index contributed by atoms with van der Waals surface area (Å²) in [4.78, 5) is 23.3. The summed E-state index contributed by atoms with van der Waals surface area (Å²) < 4.78 is 2.26. The Kier molecular flexibility index (Phi) is 5.31. The maximum Gasteiger partial charge on any atom is 0.230 e. The summed E-state index contributed by atoms with van der Waals surface area (Å²) in [6.45, 7) is 3.69. The molecular formula is C20H22N4OS2. The SMILES string of the molecule is CCc1ccccc1N(C(C)=O)c1nc(CSc2nccn2C2CC2)cs1. The largest absolute Gasteiger partial charge is 0.323 e. The average molecular weight is 399 g/mol. The monoisotopic (exact) mass is 398 g/mol. The molecular weight excluding hydrogens is 376 g/mol. The van der Waals surface area contributed by atoms with Gasteiger partial charge in [-0.3, -0.25) is 9.69 Å². The van der Waals surface area contributed by atoms with Crippen molar-refractivity contribution in [3.05, 3.63) is 53.3 Å². The number of carbonyl (C=O) groups is 1. The molecule has 0 bridgehead atoms. The zero-order valence-corrected chi connectivity index (χ0v) is 17.1. The van der Waals surface area contributed by atoms with Crippen molar-refractivity contribution in [2.45, 2.75) is 50.1 Å². The maximum atomic E-state index is 12.4. The van der Waals surface area contributed by atoms with Crippen molar-refractivity contribution >= 4 is 39.8 Å². The molecule has 0 N–H and O–H groups in total. The third-order valence-corrected chi connectivity index (χ3v) is 6.47. The Bertz CT molecular complexity index is 945. The van der Waals surface area contributed by atoms with Crippen molar-refractivity contribution < 1.29 is 4.79 Å². The van der Waals surface area contributed by atoms with Gasteiger partial charge in [0, 0.05) is 36.5 Å². The molecule has 1 aromatic carbocycles. The number of para-hydroxylation sites is 1. The number of imidazole rings is 1. The second-order valence-corrected chi connectivity index (χ2v) is 8.37. The van der Waals surface area contributed by atoms with Crippen LogP contribution < -0.4 is 4.90 Å². The van der Waals surface area contributed by atoms with E-state index in [2.05, 4.69) is 28.7 Å². The molecule has 1 fully saturated rings. The number of aromatic nitrogens is 3. The van der Waals surface area contributed by atoms with Crippen molar-refractivity contribution in [2.75, 3.05) is 4.90 Å². The lowest BCUT2D eigenvalue weighted by Gasteiger charge is -2.20. The molecule has 2 aromatic heterocycles. The Morgan fingerprint density at radius 3 is 2.93 bits per heavy atom. The Morgan fingerprint density at radius 2 is 2.19 bits per heavy atom. The molecule has 7 heteroatoms. The maximum absolute atomic E-state index is 12.4. The van der Waals surface area contributed by atoms with E-state index >= 15 is 0 Å². The fourth-order valence-corrected chi connectivity index (χ4v) is 4.99. The highest BCUT2D eigenvalue weighted by Crippen LogP contribution is 2.38. The number of thiazole rings is 1. The Hall–Kier alpha value is -2.12. The van der Waals surface area contributed by atoms with Gasteiger partial charge in [0.2, 0.25) is 5.91 Å². The van der Waals surface area contributed by atoms with Crippen LogP contribution in [0, 0.1) is 0 Å². The van der Waals surface area contributed by atoms with Gasteiger partial charge in [0.25, 0.3) is 0 Å². The normalized spacial score (nSPS) is 13.7. The number of rotatable bonds is 7. The van der Waals surface area contributed by atoms with Crippen LogP contribution in [0.15, 0.2) is 47.2 Å². The molecule has 2 heterocycles. The molecule has 4 rings (SSSR count). The first-order valence-corrected chi connectivity index (χ1v) is 11.0. The van der Waals surface area contributed by atoms with Gasteiger partial charge in [0.15, 0.2) is 10.3 Å². The Balaban J connectivity index is 1.53. The van der Waals surface area contributed by atoms with Gasteiger partial charge in [-0.2, -0.15) is 0 Å². The van der Waals surface area contributed by atoms with Crippen LogP contribution in [0.25, 0.3) is 0 Å². The summed E-state index contributed by atoms with van der Waals surface area (Å²) in [5, 5.41) is 3.81. The second-order valence-electron chi connectivity index (χ2n) is 6.60. The standard InChI is InChI=1S/C20H22N4OS2/c1-3-15-6-4-5-7-18(15)24(14(2)25)20-22-16(13-27-20)12-26-19-21-10-11-23(19)17-8-9-17/h4-7,10-11,13,17H,3,8-9,12H2,1-2H3.